The Labute approximate surface area is 179 Å². The first kappa shape index (κ1) is 20.0. The van der Waals surface area contributed by atoms with Crippen LogP contribution in [0.3, 0.4) is 0 Å². The summed E-state index contributed by atoms with van der Waals surface area (Å²) in [5, 5.41) is 3.55. The van der Waals surface area contributed by atoms with Gasteiger partial charge in [-0.15, -0.1) is 11.3 Å². The predicted octanol–water partition coefficient (Wildman–Crippen LogP) is 5.33. The topological polar surface area (TPSA) is 64.0 Å². The zero-order chi connectivity index (χ0) is 21.3. The molecule has 0 fully saturated rings. The number of nitrogens with zero attached hydrogens (tertiary/aromatic N) is 2. The summed E-state index contributed by atoms with van der Waals surface area (Å²) in [6.45, 7) is 5.81. The van der Waals surface area contributed by atoms with Gasteiger partial charge in [0.25, 0.3) is 5.56 Å². The van der Waals surface area contributed by atoms with Gasteiger partial charge in [-0.1, -0.05) is 55.5 Å². The molecular formula is C24H23N3O2S. The molecule has 6 heteroatoms. The average Bonchev–Trinajstić information content (AvgIpc) is 3.19. The lowest BCUT2D eigenvalue weighted by Gasteiger charge is -2.19. The Morgan fingerprint density at radius 2 is 1.80 bits per heavy atom. The van der Waals surface area contributed by atoms with Gasteiger partial charge in [-0.05, 0) is 43.0 Å². The van der Waals surface area contributed by atoms with Crippen LogP contribution >= 0.6 is 11.3 Å². The molecule has 2 aromatic heterocycles. The summed E-state index contributed by atoms with van der Waals surface area (Å²) >= 11 is 1.48. The number of para-hydroxylation sites is 1. The van der Waals surface area contributed by atoms with E-state index in [0.717, 1.165) is 27.3 Å². The molecule has 4 rings (SSSR count). The Bertz CT molecular complexity index is 1250. The van der Waals surface area contributed by atoms with E-state index in [9.17, 15) is 9.59 Å². The number of hydrogen-bond donors (Lipinski definition) is 1. The minimum absolute atomic E-state index is 0.193. The maximum absolute atomic E-state index is 13.2. The second-order valence-corrected chi connectivity index (χ2v) is 8.36. The number of thiophene rings is 1. The third kappa shape index (κ3) is 3.66. The fraction of sp³-hybridized carbons (Fsp3) is 0.208. The first-order valence-corrected chi connectivity index (χ1v) is 10.7. The number of aromatic nitrogens is 2. The van der Waals surface area contributed by atoms with Gasteiger partial charge in [0.05, 0.1) is 11.7 Å². The molecule has 1 atom stereocenters. The van der Waals surface area contributed by atoms with E-state index in [-0.39, 0.29) is 11.5 Å². The predicted molar refractivity (Wildman–Crippen MR) is 123 cm³/mol. The molecule has 1 amide bonds. The van der Waals surface area contributed by atoms with Gasteiger partial charge < -0.3 is 5.32 Å². The number of amides is 1. The van der Waals surface area contributed by atoms with Crippen molar-refractivity contribution in [2.75, 3.05) is 5.32 Å². The number of aryl methyl sites for hydroxylation is 2. The molecule has 0 radical (unpaired) electrons. The highest BCUT2D eigenvalue weighted by atomic mass is 32.1. The van der Waals surface area contributed by atoms with E-state index >= 15 is 0 Å². The number of benzene rings is 2. The first-order valence-electron chi connectivity index (χ1n) is 9.92. The van der Waals surface area contributed by atoms with Crippen molar-refractivity contribution >= 4 is 33.1 Å². The van der Waals surface area contributed by atoms with Crippen molar-refractivity contribution < 1.29 is 4.79 Å². The van der Waals surface area contributed by atoms with Crippen LogP contribution in [0.5, 0.6) is 0 Å². The van der Waals surface area contributed by atoms with Crippen LogP contribution in [-0.2, 0) is 4.79 Å². The van der Waals surface area contributed by atoms with Gasteiger partial charge in [0.1, 0.15) is 10.9 Å². The second kappa shape index (κ2) is 8.24. The molecule has 0 spiro atoms. The van der Waals surface area contributed by atoms with E-state index in [0.29, 0.717) is 16.6 Å². The van der Waals surface area contributed by atoms with Crippen LogP contribution in [0, 0.1) is 13.8 Å². The van der Waals surface area contributed by atoms with Gasteiger partial charge in [0, 0.05) is 10.6 Å². The monoisotopic (exact) mass is 417 g/mol. The summed E-state index contributed by atoms with van der Waals surface area (Å²) in [5.41, 5.74) is 3.63. The lowest BCUT2D eigenvalue weighted by Crippen LogP contribution is -2.33. The van der Waals surface area contributed by atoms with Crippen molar-refractivity contribution in [2.24, 2.45) is 0 Å². The standard InChI is InChI=1S/C24H23N3O2S/c1-4-19(22(28)26-21-15(2)9-8-10-16(21)3)27-14-25-23-18(24(27)29)13-20(30-23)17-11-6-5-7-12-17/h5-14,19H,4H2,1-3H3,(H,26,28). The van der Waals surface area contributed by atoms with Crippen molar-refractivity contribution in [2.45, 2.75) is 33.2 Å². The van der Waals surface area contributed by atoms with E-state index in [4.69, 9.17) is 0 Å². The van der Waals surface area contributed by atoms with Crippen LogP contribution in [0.1, 0.15) is 30.5 Å². The normalized spacial score (nSPS) is 12.1. The van der Waals surface area contributed by atoms with E-state index < -0.39 is 6.04 Å². The zero-order valence-electron chi connectivity index (χ0n) is 17.2. The lowest BCUT2D eigenvalue weighted by atomic mass is 10.1. The second-order valence-electron chi connectivity index (χ2n) is 7.33. The quantitative estimate of drug-likeness (QED) is 0.477. The summed E-state index contributed by atoms with van der Waals surface area (Å²) in [6, 6.07) is 17.0. The highest BCUT2D eigenvalue weighted by molar-refractivity contribution is 7.21. The highest BCUT2D eigenvalue weighted by Gasteiger charge is 2.22. The Balaban J connectivity index is 1.71. The average molecular weight is 418 g/mol. The first-order chi connectivity index (χ1) is 14.5. The smallest absolute Gasteiger partial charge is 0.262 e. The molecule has 0 aliphatic heterocycles. The number of hydrogen-bond acceptors (Lipinski definition) is 4. The van der Waals surface area contributed by atoms with E-state index in [2.05, 4.69) is 10.3 Å². The van der Waals surface area contributed by atoms with Crippen LogP contribution in [0.15, 0.2) is 65.7 Å². The van der Waals surface area contributed by atoms with Crippen LogP contribution in [0.2, 0.25) is 0 Å². The van der Waals surface area contributed by atoms with Gasteiger partial charge in [0.2, 0.25) is 5.91 Å². The van der Waals surface area contributed by atoms with Gasteiger partial charge in [-0.2, -0.15) is 0 Å². The SMILES string of the molecule is CCC(C(=O)Nc1c(C)cccc1C)n1cnc2sc(-c3ccccc3)cc2c1=O. The van der Waals surface area contributed by atoms with E-state index in [1.165, 1.54) is 22.2 Å². The molecule has 1 N–H and O–H groups in total. The molecule has 0 bridgehead atoms. The number of anilines is 1. The number of fused-ring (bicyclic) bond motifs is 1. The molecule has 0 saturated carbocycles. The number of carbonyl (C=O) groups excluding carboxylic acids is 1. The van der Waals surface area contributed by atoms with E-state index in [1.54, 1.807) is 0 Å². The summed E-state index contributed by atoms with van der Waals surface area (Å²) in [7, 11) is 0. The minimum Gasteiger partial charge on any atom is -0.324 e. The summed E-state index contributed by atoms with van der Waals surface area (Å²) < 4.78 is 1.45. The summed E-state index contributed by atoms with van der Waals surface area (Å²) in [6.07, 6.45) is 1.98. The Kier molecular flexibility index (Phi) is 5.50. The van der Waals surface area contributed by atoms with Crippen molar-refractivity contribution in [3.63, 3.8) is 0 Å². The zero-order valence-corrected chi connectivity index (χ0v) is 18.0. The van der Waals surface area contributed by atoms with Crippen molar-refractivity contribution in [3.8, 4) is 10.4 Å². The fourth-order valence-electron chi connectivity index (χ4n) is 3.63. The minimum atomic E-state index is -0.631. The summed E-state index contributed by atoms with van der Waals surface area (Å²) in [5.74, 6) is -0.211. The molecule has 30 heavy (non-hydrogen) atoms. The van der Waals surface area contributed by atoms with Crippen LogP contribution < -0.4 is 10.9 Å². The molecule has 5 nitrogen and oxygen atoms in total. The van der Waals surface area contributed by atoms with Gasteiger partial charge in [-0.25, -0.2) is 4.98 Å². The van der Waals surface area contributed by atoms with Crippen molar-refractivity contribution in [1.29, 1.82) is 0 Å². The van der Waals surface area contributed by atoms with Crippen LogP contribution in [0.25, 0.3) is 20.7 Å². The molecule has 0 saturated heterocycles. The summed E-state index contributed by atoms with van der Waals surface area (Å²) in [4.78, 5) is 32.4. The lowest BCUT2D eigenvalue weighted by molar-refractivity contribution is -0.119. The molecular weight excluding hydrogens is 394 g/mol. The number of carbonyl (C=O) groups is 1. The van der Waals surface area contributed by atoms with Crippen molar-refractivity contribution in [1.82, 2.24) is 9.55 Å². The van der Waals surface area contributed by atoms with Crippen LogP contribution in [0.4, 0.5) is 5.69 Å². The Morgan fingerprint density at radius 3 is 2.47 bits per heavy atom. The Morgan fingerprint density at radius 1 is 1.10 bits per heavy atom. The number of nitrogens with one attached hydrogen (secondary N) is 1. The molecule has 2 heterocycles. The molecule has 1 unspecified atom stereocenters. The molecule has 152 valence electrons. The van der Waals surface area contributed by atoms with Crippen LogP contribution in [-0.4, -0.2) is 15.5 Å². The largest absolute Gasteiger partial charge is 0.324 e. The molecule has 2 aromatic carbocycles. The van der Waals surface area contributed by atoms with Gasteiger partial charge in [-0.3, -0.25) is 14.2 Å². The van der Waals surface area contributed by atoms with Crippen molar-refractivity contribution in [3.05, 3.63) is 82.4 Å². The number of rotatable bonds is 5. The maximum Gasteiger partial charge on any atom is 0.262 e. The van der Waals surface area contributed by atoms with Gasteiger partial charge >= 0.3 is 0 Å². The van der Waals surface area contributed by atoms with E-state index in [1.807, 2.05) is 75.4 Å². The highest BCUT2D eigenvalue weighted by Crippen LogP contribution is 2.31. The molecule has 4 aromatic rings. The fourth-order valence-corrected chi connectivity index (χ4v) is 4.62. The molecule has 0 aliphatic carbocycles. The molecule has 0 aliphatic rings. The third-order valence-electron chi connectivity index (χ3n) is 5.29. The van der Waals surface area contributed by atoms with Gasteiger partial charge in [0.15, 0.2) is 0 Å². The maximum atomic E-state index is 13.2. The third-order valence-corrected chi connectivity index (χ3v) is 6.38. The Hall–Kier alpha value is -3.25.